The third kappa shape index (κ3) is 1.46. The number of hydrogen-bond acceptors (Lipinski definition) is 2. The second-order valence-electron chi connectivity index (χ2n) is 2.66. The molecule has 2 heterocycles. The molecule has 1 aliphatic rings. The Morgan fingerprint density at radius 1 is 1.73 bits per heavy atom. The normalized spacial score (nSPS) is 24.3. The highest BCUT2D eigenvalue weighted by Crippen LogP contribution is 2.19. The highest BCUT2D eigenvalue weighted by molar-refractivity contribution is 9.10. The Kier molecular flexibility index (Phi) is 1.96. The summed E-state index contributed by atoms with van der Waals surface area (Å²) >= 11 is 3.36. The Balaban J connectivity index is 2.15. The number of halogens is 1. The molecule has 0 spiro atoms. The van der Waals surface area contributed by atoms with E-state index in [-0.39, 0.29) is 0 Å². The van der Waals surface area contributed by atoms with Gasteiger partial charge >= 0.3 is 0 Å². The summed E-state index contributed by atoms with van der Waals surface area (Å²) in [6.07, 6.45) is 4.87. The second-order valence-corrected chi connectivity index (χ2v) is 3.57. The molecule has 0 aliphatic carbocycles. The average molecular weight is 217 g/mol. The lowest BCUT2D eigenvalue weighted by atomic mass is 10.3. The van der Waals surface area contributed by atoms with Crippen LogP contribution >= 0.6 is 15.9 Å². The number of aromatic nitrogens is 2. The Hall–Kier alpha value is -0.350. The van der Waals surface area contributed by atoms with Crippen molar-refractivity contribution in [2.75, 3.05) is 13.2 Å². The topological polar surface area (TPSA) is 27.1 Å². The van der Waals surface area contributed by atoms with Gasteiger partial charge in [-0.15, -0.1) is 0 Å². The third-order valence-electron chi connectivity index (χ3n) is 1.85. The van der Waals surface area contributed by atoms with Crippen LogP contribution in [0, 0.1) is 0 Å². The first-order valence-corrected chi connectivity index (χ1v) is 4.43. The molecule has 1 saturated heterocycles. The minimum absolute atomic E-state index is 0.446. The van der Waals surface area contributed by atoms with E-state index in [4.69, 9.17) is 4.74 Å². The molecular weight excluding hydrogens is 208 g/mol. The van der Waals surface area contributed by atoms with Crippen molar-refractivity contribution in [2.45, 2.75) is 12.5 Å². The smallest absolute Gasteiger partial charge is 0.0774 e. The van der Waals surface area contributed by atoms with Crippen LogP contribution in [0.3, 0.4) is 0 Å². The van der Waals surface area contributed by atoms with Crippen LogP contribution in [-0.2, 0) is 4.74 Å². The zero-order valence-corrected chi connectivity index (χ0v) is 7.62. The second kappa shape index (κ2) is 2.95. The first kappa shape index (κ1) is 7.31. The lowest BCUT2D eigenvalue weighted by molar-refractivity contribution is 0.184. The monoisotopic (exact) mass is 216 g/mol. The molecule has 11 heavy (non-hydrogen) atoms. The van der Waals surface area contributed by atoms with Crippen molar-refractivity contribution < 1.29 is 4.74 Å². The fourth-order valence-corrected chi connectivity index (χ4v) is 1.55. The van der Waals surface area contributed by atoms with Gasteiger partial charge in [-0.1, -0.05) is 0 Å². The summed E-state index contributed by atoms with van der Waals surface area (Å²) in [5, 5.41) is 4.19. The summed E-state index contributed by atoms with van der Waals surface area (Å²) < 4.78 is 8.23. The Bertz CT molecular complexity index is 242. The van der Waals surface area contributed by atoms with E-state index in [1.807, 2.05) is 10.9 Å². The molecule has 3 nitrogen and oxygen atoms in total. The molecule has 0 saturated carbocycles. The molecule has 0 N–H and O–H groups in total. The Labute approximate surface area is 73.5 Å². The molecule has 0 bridgehead atoms. The van der Waals surface area contributed by atoms with Crippen LogP contribution in [0.2, 0.25) is 0 Å². The predicted molar refractivity (Wildman–Crippen MR) is 44.4 cm³/mol. The van der Waals surface area contributed by atoms with Crippen molar-refractivity contribution in [1.29, 1.82) is 0 Å². The van der Waals surface area contributed by atoms with Crippen LogP contribution in [0.1, 0.15) is 12.5 Å². The maximum atomic E-state index is 5.24. The summed E-state index contributed by atoms with van der Waals surface area (Å²) in [6.45, 7) is 1.66. The van der Waals surface area contributed by atoms with E-state index in [9.17, 15) is 0 Å². The predicted octanol–water partition coefficient (Wildman–Crippen LogP) is 1.61. The largest absolute Gasteiger partial charge is 0.379 e. The van der Waals surface area contributed by atoms with Crippen molar-refractivity contribution in [3.8, 4) is 0 Å². The van der Waals surface area contributed by atoms with E-state index < -0.39 is 0 Å². The molecule has 1 aliphatic heterocycles. The van der Waals surface area contributed by atoms with Crippen molar-refractivity contribution in [3.63, 3.8) is 0 Å². The van der Waals surface area contributed by atoms with Gasteiger partial charge in [-0.2, -0.15) is 5.10 Å². The van der Waals surface area contributed by atoms with E-state index in [0.29, 0.717) is 6.04 Å². The maximum absolute atomic E-state index is 5.24. The minimum Gasteiger partial charge on any atom is -0.379 e. The van der Waals surface area contributed by atoms with Gasteiger partial charge in [0.25, 0.3) is 0 Å². The number of ether oxygens (including phenoxy) is 1. The quantitative estimate of drug-likeness (QED) is 0.714. The van der Waals surface area contributed by atoms with E-state index in [2.05, 4.69) is 21.0 Å². The Morgan fingerprint density at radius 2 is 2.64 bits per heavy atom. The van der Waals surface area contributed by atoms with Gasteiger partial charge in [-0.3, -0.25) is 4.68 Å². The first-order chi connectivity index (χ1) is 5.36. The minimum atomic E-state index is 0.446. The molecule has 1 aromatic heterocycles. The summed E-state index contributed by atoms with van der Waals surface area (Å²) in [6, 6.07) is 0.446. The summed E-state index contributed by atoms with van der Waals surface area (Å²) in [5.41, 5.74) is 0. The summed E-state index contributed by atoms with van der Waals surface area (Å²) in [5.74, 6) is 0. The van der Waals surface area contributed by atoms with Crippen LogP contribution in [0.15, 0.2) is 16.9 Å². The van der Waals surface area contributed by atoms with Crippen molar-refractivity contribution in [1.82, 2.24) is 9.78 Å². The van der Waals surface area contributed by atoms with Gasteiger partial charge in [0, 0.05) is 12.8 Å². The fourth-order valence-electron chi connectivity index (χ4n) is 1.25. The molecule has 2 rings (SSSR count). The van der Waals surface area contributed by atoms with Gasteiger partial charge in [0.2, 0.25) is 0 Å². The van der Waals surface area contributed by atoms with E-state index in [0.717, 1.165) is 24.1 Å². The van der Waals surface area contributed by atoms with Gasteiger partial charge in [0.1, 0.15) is 0 Å². The summed E-state index contributed by atoms with van der Waals surface area (Å²) in [4.78, 5) is 0. The zero-order valence-electron chi connectivity index (χ0n) is 6.03. The number of hydrogen-bond donors (Lipinski definition) is 0. The lowest BCUT2D eigenvalue weighted by Crippen LogP contribution is -2.08. The molecule has 0 radical (unpaired) electrons. The van der Waals surface area contributed by atoms with Crippen LogP contribution < -0.4 is 0 Å². The van der Waals surface area contributed by atoms with Crippen LogP contribution in [-0.4, -0.2) is 23.0 Å². The van der Waals surface area contributed by atoms with E-state index in [1.54, 1.807) is 6.20 Å². The third-order valence-corrected chi connectivity index (χ3v) is 2.26. The fraction of sp³-hybridized carbons (Fsp3) is 0.571. The van der Waals surface area contributed by atoms with E-state index >= 15 is 0 Å². The molecule has 0 amide bonds. The molecule has 1 atom stereocenters. The molecule has 4 heteroatoms. The standard InChI is InChI=1S/C7H9BrN2O/c8-6-3-9-10(4-6)7-1-2-11-5-7/h3-4,7H,1-2,5H2. The summed E-state index contributed by atoms with van der Waals surface area (Å²) in [7, 11) is 0. The lowest BCUT2D eigenvalue weighted by Gasteiger charge is -2.06. The average Bonchev–Trinajstić information content (AvgIpc) is 2.55. The van der Waals surface area contributed by atoms with Crippen LogP contribution in [0.5, 0.6) is 0 Å². The Morgan fingerprint density at radius 3 is 3.18 bits per heavy atom. The first-order valence-electron chi connectivity index (χ1n) is 3.63. The maximum Gasteiger partial charge on any atom is 0.0774 e. The van der Waals surface area contributed by atoms with E-state index in [1.165, 1.54) is 0 Å². The van der Waals surface area contributed by atoms with Crippen molar-refractivity contribution in [3.05, 3.63) is 16.9 Å². The molecule has 1 fully saturated rings. The highest BCUT2D eigenvalue weighted by atomic mass is 79.9. The number of rotatable bonds is 1. The van der Waals surface area contributed by atoms with Crippen LogP contribution in [0.4, 0.5) is 0 Å². The van der Waals surface area contributed by atoms with Crippen LogP contribution in [0.25, 0.3) is 0 Å². The van der Waals surface area contributed by atoms with Gasteiger partial charge in [-0.05, 0) is 22.4 Å². The molecule has 0 aromatic carbocycles. The zero-order chi connectivity index (χ0) is 7.68. The molecular formula is C7H9BrN2O. The molecule has 1 unspecified atom stereocenters. The number of nitrogens with zero attached hydrogens (tertiary/aromatic N) is 2. The molecule has 1 aromatic rings. The van der Waals surface area contributed by atoms with Gasteiger partial charge < -0.3 is 4.74 Å². The SMILES string of the molecule is Brc1cnn(C2CCOC2)c1. The van der Waals surface area contributed by atoms with Crippen molar-refractivity contribution >= 4 is 15.9 Å². The molecule has 60 valence electrons. The van der Waals surface area contributed by atoms with Gasteiger partial charge in [-0.25, -0.2) is 0 Å². The van der Waals surface area contributed by atoms with Gasteiger partial charge in [0.05, 0.1) is 23.3 Å². The van der Waals surface area contributed by atoms with Gasteiger partial charge in [0.15, 0.2) is 0 Å². The van der Waals surface area contributed by atoms with Crippen molar-refractivity contribution in [2.24, 2.45) is 0 Å². The highest BCUT2D eigenvalue weighted by Gasteiger charge is 2.17.